The molecule has 4 rings (SSSR count). The van der Waals surface area contributed by atoms with Gasteiger partial charge in [-0.3, -0.25) is 0 Å². The van der Waals surface area contributed by atoms with E-state index in [-0.39, 0.29) is 5.54 Å². The SMILES string of the molecule is CC1(n2c(C3CC3)nc3c(C(=O)O)cccc32)CC1. The number of benzene rings is 1. The molecule has 2 aromatic rings. The molecule has 0 bridgehead atoms. The Balaban J connectivity index is 2.04. The summed E-state index contributed by atoms with van der Waals surface area (Å²) in [5, 5.41) is 9.31. The summed E-state index contributed by atoms with van der Waals surface area (Å²) in [6.07, 6.45) is 4.69. The molecule has 4 heteroatoms. The van der Waals surface area contributed by atoms with Crippen LogP contribution in [0.4, 0.5) is 0 Å². The van der Waals surface area contributed by atoms with Crippen molar-refractivity contribution < 1.29 is 9.90 Å². The second-order valence-electron chi connectivity index (χ2n) is 6.06. The van der Waals surface area contributed by atoms with Gasteiger partial charge in [-0.25, -0.2) is 9.78 Å². The second-order valence-corrected chi connectivity index (χ2v) is 6.06. The Morgan fingerprint density at radius 1 is 1.42 bits per heavy atom. The van der Waals surface area contributed by atoms with E-state index in [1.54, 1.807) is 6.07 Å². The predicted molar refractivity (Wildman–Crippen MR) is 71.5 cm³/mol. The normalized spacial score (nSPS) is 20.7. The van der Waals surface area contributed by atoms with Crippen LogP contribution in [-0.2, 0) is 5.54 Å². The van der Waals surface area contributed by atoms with E-state index < -0.39 is 5.97 Å². The summed E-state index contributed by atoms with van der Waals surface area (Å²) in [6.45, 7) is 2.24. The maximum absolute atomic E-state index is 11.3. The molecule has 0 radical (unpaired) electrons. The Labute approximate surface area is 111 Å². The summed E-state index contributed by atoms with van der Waals surface area (Å²) in [5.41, 5.74) is 2.12. The van der Waals surface area contributed by atoms with E-state index in [1.807, 2.05) is 12.1 Å². The Bertz CT molecular complexity index is 693. The van der Waals surface area contributed by atoms with E-state index in [9.17, 15) is 9.90 Å². The minimum absolute atomic E-state index is 0.157. The summed E-state index contributed by atoms with van der Waals surface area (Å²) >= 11 is 0. The van der Waals surface area contributed by atoms with Gasteiger partial charge in [-0.2, -0.15) is 0 Å². The summed E-state index contributed by atoms with van der Waals surface area (Å²) in [7, 11) is 0. The predicted octanol–water partition coefficient (Wildman–Crippen LogP) is 3.12. The number of nitrogens with zero attached hydrogens (tertiary/aromatic N) is 2. The zero-order valence-electron chi connectivity index (χ0n) is 10.9. The number of fused-ring (bicyclic) bond motifs is 1. The van der Waals surface area contributed by atoms with Crippen molar-refractivity contribution in [3.05, 3.63) is 29.6 Å². The van der Waals surface area contributed by atoms with Gasteiger partial charge in [0.25, 0.3) is 0 Å². The molecule has 2 fully saturated rings. The molecule has 98 valence electrons. The number of carboxylic acid groups (broad SMARTS) is 1. The van der Waals surface area contributed by atoms with Crippen molar-refractivity contribution in [3.8, 4) is 0 Å². The van der Waals surface area contributed by atoms with Gasteiger partial charge in [0, 0.05) is 11.5 Å². The summed E-state index contributed by atoms with van der Waals surface area (Å²) in [5.74, 6) is 0.744. The van der Waals surface area contributed by atoms with Crippen molar-refractivity contribution in [1.82, 2.24) is 9.55 Å². The van der Waals surface area contributed by atoms with Crippen molar-refractivity contribution in [1.29, 1.82) is 0 Å². The molecule has 0 atom stereocenters. The molecule has 0 spiro atoms. The van der Waals surface area contributed by atoms with Gasteiger partial charge in [0.15, 0.2) is 0 Å². The van der Waals surface area contributed by atoms with E-state index in [0.29, 0.717) is 17.0 Å². The van der Waals surface area contributed by atoms with Crippen LogP contribution >= 0.6 is 0 Å². The van der Waals surface area contributed by atoms with Crippen LogP contribution in [-0.4, -0.2) is 20.6 Å². The zero-order valence-corrected chi connectivity index (χ0v) is 10.9. The lowest BCUT2D eigenvalue weighted by molar-refractivity contribution is 0.0699. The first-order chi connectivity index (χ1) is 9.10. The van der Waals surface area contributed by atoms with Gasteiger partial charge in [0.2, 0.25) is 0 Å². The first kappa shape index (κ1) is 11.0. The van der Waals surface area contributed by atoms with Crippen LogP contribution in [0.15, 0.2) is 18.2 Å². The van der Waals surface area contributed by atoms with Crippen LogP contribution in [0, 0.1) is 0 Å². The third kappa shape index (κ3) is 1.52. The minimum Gasteiger partial charge on any atom is -0.478 e. The number of hydrogen-bond donors (Lipinski definition) is 1. The molecule has 1 aromatic carbocycles. The number of aromatic carboxylic acids is 1. The van der Waals surface area contributed by atoms with E-state index in [4.69, 9.17) is 0 Å². The standard InChI is InChI=1S/C15H16N2O2/c1-15(7-8-15)17-11-4-2-3-10(14(18)19)12(11)16-13(17)9-5-6-9/h2-4,9H,5-8H2,1H3,(H,18,19). The average Bonchev–Trinajstić information content (AvgIpc) is 3.29. The monoisotopic (exact) mass is 256 g/mol. The highest BCUT2D eigenvalue weighted by molar-refractivity contribution is 6.01. The van der Waals surface area contributed by atoms with Crippen LogP contribution in [0.25, 0.3) is 11.0 Å². The molecule has 0 unspecified atom stereocenters. The number of hydrogen-bond acceptors (Lipinski definition) is 2. The molecule has 1 N–H and O–H groups in total. The maximum atomic E-state index is 11.3. The Kier molecular flexibility index (Phi) is 1.96. The van der Waals surface area contributed by atoms with Crippen LogP contribution < -0.4 is 0 Å². The maximum Gasteiger partial charge on any atom is 0.337 e. The third-order valence-corrected chi connectivity index (χ3v) is 4.40. The summed E-state index contributed by atoms with van der Waals surface area (Å²) in [4.78, 5) is 16.0. The number of carboxylic acids is 1. The molecular weight excluding hydrogens is 240 g/mol. The zero-order chi connectivity index (χ0) is 13.2. The lowest BCUT2D eigenvalue weighted by Crippen LogP contribution is -2.15. The topological polar surface area (TPSA) is 55.1 Å². The molecule has 0 aliphatic heterocycles. The van der Waals surface area contributed by atoms with E-state index in [1.165, 1.54) is 12.8 Å². The van der Waals surface area contributed by atoms with E-state index in [2.05, 4.69) is 16.5 Å². The third-order valence-electron chi connectivity index (χ3n) is 4.40. The van der Waals surface area contributed by atoms with Crippen LogP contribution in [0.1, 0.15) is 54.7 Å². The van der Waals surface area contributed by atoms with Crippen LogP contribution in [0.3, 0.4) is 0 Å². The average molecular weight is 256 g/mol. The first-order valence-electron chi connectivity index (χ1n) is 6.85. The van der Waals surface area contributed by atoms with E-state index in [0.717, 1.165) is 24.2 Å². The molecule has 0 amide bonds. The molecular formula is C15H16N2O2. The number of rotatable bonds is 3. The molecule has 1 aromatic heterocycles. The molecule has 4 nitrogen and oxygen atoms in total. The fourth-order valence-electron chi connectivity index (χ4n) is 2.88. The van der Waals surface area contributed by atoms with Crippen molar-refractivity contribution >= 4 is 17.0 Å². The second kappa shape index (κ2) is 3.38. The lowest BCUT2D eigenvalue weighted by Gasteiger charge is -2.16. The van der Waals surface area contributed by atoms with Gasteiger partial charge in [0.1, 0.15) is 11.3 Å². The smallest absolute Gasteiger partial charge is 0.337 e. The van der Waals surface area contributed by atoms with Gasteiger partial charge < -0.3 is 9.67 Å². The van der Waals surface area contributed by atoms with Crippen molar-refractivity contribution in [2.75, 3.05) is 0 Å². The van der Waals surface area contributed by atoms with Gasteiger partial charge in [-0.05, 0) is 44.7 Å². The van der Waals surface area contributed by atoms with Crippen molar-refractivity contribution in [2.45, 2.75) is 44.1 Å². The molecule has 2 saturated carbocycles. The highest BCUT2D eigenvalue weighted by Crippen LogP contribution is 2.50. The number of carbonyl (C=O) groups is 1. The van der Waals surface area contributed by atoms with Gasteiger partial charge >= 0.3 is 5.97 Å². The minimum atomic E-state index is -0.890. The Hall–Kier alpha value is -1.84. The molecule has 1 heterocycles. The number of imidazole rings is 1. The van der Waals surface area contributed by atoms with E-state index >= 15 is 0 Å². The summed E-state index contributed by atoms with van der Waals surface area (Å²) in [6, 6.07) is 5.48. The molecule has 19 heavy (non-hydrogen) atoms. The number of para-hydroxylation sites is 1. The number of aromatic nitrogens is 2. The highest BCUT2D eigenvalue weighted by atomic mass is 16.4. The molecule has 2 aliphatic carbocycles. The Morgan fingerprint density at radius 2 is 2.16 bits per heavy atom. The van der Waals surface area contributed by atoms with Gasteiger partial charge in [-0.15, -0.1) is 0 Å². The fourth-order valence-corrected chi connectivity index (χ4v) is 2.88. The van der Waals surface area contributed by atoms with Gasteiger partial charge in [-0.1, -0.05) is 6.07 Å². The molecule has 0 saturated heterocycles. The highest BCUT2D eigenvalue weighted by Gasteiger charge is 2.44. The van der Waals surface area contributed by atoms with Crippen LogP contribution in [0.2, 0.25) is 0 Å². The van der Waals surface area contributed by atoms with Gasteiger partial charge in [0.05, 0.1) is 11.1 Å². The van der Waals surface area contributed by atoms with Crippen LogP contribution in [0.5, 0.6) is 0 Å². The summed E-state index contributed by atoms with van der Waals surface area (Å²) < 4.78 is 2.31. The molecule has 2 aliphatic rings. The fraction of sp³-hybridized carbons (Fsp3) is 0.467. The Morgan fingerprint density at radius 3 is 2.74 bits per heavy atom. The first-order valence-corrected chi connectivity index (χ1v) is 6.85. The lowest BCUT2D eigenvalue weighted by atomic mass is 10.2. The van der Waals surface area contributed by atoms with Crippen molar-refractivity contribution in [2.24, 2.45) is 0 Å². The quantitative estimate of drug-likeness (QED) is 0.918. The largest absolute Gasteiger partial charge is 0.478 e. The van der Waals surface area contributed by atoms with Crippen molar-refractivity contribution in [3.63, 3.8) is 0 Å².